The Bertz CT molecular complexity index is 1320. The molecular formula is C24H19NO5S. The van der Waals surface area contributed by atoms with Crippen LogP contribution in [0.15, 0.2) is 83.8 Å². The van der Waals surface area contributed by atoms with Gasteiger partial charge >= 0.3 is 10.1 Å². The predicted molar refractivity (Wildman–Crippen MR) is 116 cm³/mol. The molecule has 0 unspecified atom stereocenters. The van der Waals surface area contributed by atoms with E-state index in [0.29, 0.717) is 18.5 Å². The Kier molecular flexibility index (Phi) is 4.63. The third-order valence-corrected chi connectivity index (χ3v) is 7.04. The van der Waals surface area contributed by atoms with Crippen LogP contribution in [0, 0.1) is 11.8 Å². The number of carbonyl (C=O) groups is 2. The Labute approximate surface area is 179 Å². The summed E-state index contributed by atoms with van der Waals surface area (Å²) >= 11 is 0. The van der Waals surface area contributed by atoms with Crippen LogP contribution in [0.1, 0.15) is 12.8 Å². The van der Waals surface area contributed by atoms with Gasteiger partial charge in [-0.3, -0.25) is 9.59 Å². The van der Waals surface area contributed by atoms with Crippen molar-refractivity contribution in [2.24, 2.45) is 11.8 Å². The fourth-order valence-electron chi connectivity index (χ4n) is 4.23. The molecule has 0 spiro atoms. The molecule has 0 bridgehead atoms. The second-order valence-corrected chi connectivity index (χ2v) is 9.26. The van der Waals surface area contributed by atoms with Crippen LogP contribution in [0.5, 0.6) is 5.75 Å². The maximum Gasteiger partial charge on any atom is 0.339 e. The Morgan fingerprint density at radius 1 is 0.774 bits per heavy atom. The van der Waals surface area contributed by atoms with E-state index in [1.54, 1.807) is 24.3 Å². The number of carbonyl (C=O) groups excluding carboxylic acids is 2. The van der Waals surface area contributed by atoms with Gasteiger partial charge in [0.05, 0.1) is 17.5 Å². The van der Waals surface area contributed by atoms with Crippen molar-refractivity contribution >= 4 is 38.4 Å². The summed E-state index contributed by atoms with van der Waals surface area (Å²) in [6.07, 6.45) is 4.92. The molecule has 0 N–H and O–H groups in total. The summed E-state index contributed by atoms with van der Waals surface area (Å²) in [7, 11) is -4.09. The van der Waals surface area contributed by atoms with Gasteiger partial charge in [0, 0.05) is 6.07 Å². The van der Waals surface area contributed by atoms with Gasteiger partial charge in [0.25, 0.3) is 0 Å². The third-order valence-electron chi connectivity index (χ3n) is 5.80. The molecule has 1 saturated heterocycles. The van der Waals surface area contributed by atoms with Crippen molar-refractivity contribution in [3.05, 3.63) is 78.9 Å². The van der Waals surface area contributed by atoms with Gasteiger partial charge in [-0.05, 0) is 47.9 Å². The molecule has 0 aromatic heterocycles. The van der Waals surface area contributed by atoms with Crippen molar-refractivity contribution in [2.45, 2.75) is 17.7 Å². The summed E-state index contributed by atoms with van der Waals surface area (Å²) in [5.74, 6) is -1.19. The molecule has 1 aliphatic carbocycles. The van der Waals surface area contributed by atoms with Gasteiger partial charge in [-0.1, -0.05) is 48.6 Å². The number of hydrogen-bond acceptors (Lipinski definition) is 5. The first-order valence-corrected chi connectivity index (χ1v) is 11.4. The first-order chi connectivity index (χ1) is 14.9. The van der Waals surface area contributed by atoms with E-state index in [1.165, 1.54) is 18.2 Å². The monoisotopic (exact) mass is 433 g/mol. The topological polar surface area (TPSA) is 80.8 Å². The van der Waals surface area contributed by atoms with Crippen LogP contribution >= 0.6 is 0 Å². The minimum atomic E-state index is -4.09. The second-order valence-electron chi connectivity index (χ2n) is 7.71. The minimum absolute atomic E-state index is 0.0297. The zero-order valence-electron chi connectivity index (χ0n) is 16.5. The second kappa shape index (κ2) is 7.35. The molecule has 6 nitrogen and oxygen atoms in total. The lowest BCUT2D eigenvalue weighted by Crippen LogP contribution is -2.30. The van der Waals surface area contributed by atoms with Crippen LogP contribution < -0.4 is 9.08 Å². The standard InChI is InChI=1S/C24H19NO5S/c26-23-21-10-3-4-11-22(21)24(27)25(23)18-8-5-9-19(15-18)30-31(28,29)20-13-12-16-6-1-2-7-17(16)14-20/h1-9,12-15,21-22H,10-11H2/t21-,22-/m0/s1. The van der Waals surface area contributed by atoms with Gasteiger partial charge in [-0.25, -0.2) is 4.90 Å². The molecule has 1 aliphatic heterocycles. The molecule has 0 radical (unpaired) electrons. The summed E-state index contributed by atoms with van der Waals surface area (Å²) in [4.78, 5) is 26.8. The molecule has 0 saturated carbocycles. The van der Waals surface area contributed by atoms with Crippen LogP contribution in [0.4, 0.5) is 5.69 Å². The van der Waals surface area contributed by atoms with E-state index in [9.17, 15) is 18.0 Å². The molecule has 7 heteroatoms. The van der Waals surface area contributed by atoms with Crippen LogP contribution in [-0.2, 0) is 19.7 Å². The summed E-state index contributed by atoms with van der Waals surface area (Å²) in [6.45, 7) is 0. The fourth-order valence-corrected chi connectivity index (χ4v) is 5.19. The fraction of sp³-hybridized carbons (Fsp3) is 0.167. The van der Waals surface area contributed by atoms with E-state index in [2.05, 4.69) is 0 Å². The van der Waals surface area contributed by atoms with Gasteiger partial charge < -0.3 is 4.18 Å². The van der Waals surface area contributed by atoms with Crippen LogP contribution in [0.3, 0.4) is 0 Å². The highest BCUT2D eigenvalue weighted by Crippen LogP contribution is 2.38. The average molecular weight is 433 g/mol. The summed E-state index contributed by atoms with van der Waals surface area (Å²) in [6, 6.07) is 18.3. The van der Waals surface area contributed by atoms with Crippen molar-refractivity contribution in [3.63, 3.8) is 0 Å². The van der Waals surface area contributed by atoms with Gasteiger partial charge in [0.15, 0.2) is 0 Å². The molecular weight excluding hydrogens is 414 g/mol. The smallest absolute Gasteiger partial charge is 0.339 e. The van der Waals surface area contributed by atoms with Gasteiger partial charge in [0.1, 0.15) is 10.6 Å². The highest BCUT2D eigenvalue weighted by Gasteiger charge is 2.47. The highest BCUT2D eigenvalue weighted by atomic mass is 32.2. The number of hydrogen-bond donors (Lipinski definition) is 0. The predicted octanol–water partition coefficient (Wildman–Crippen LogP) is 4.06. The van der Waals surface area contributed by atoms with Crippen LogP contribution in [-0.4, -0.2) is 20.2 Å². The van der Waals surface area contributed by atoms with Crippen LogP contribution in [0.25, 0.3) is 10.8 Å². The molecule has 1 heterocycles. The quantitative estimate of drug-likeness (QED) is 0.352. The lowest BCUT2D eigenvalue weighted by Gasteiger charge is -2.16. The Balaban J connectivity index is 1.44. The zero-order valence-corrected chi connectivity index (χ0v) is 17.3. The van der Waals surface area contributed by atoms with Crippen molar-refractivity contribution < 1.29 is 22.2 Å². The van der Waals surface area contributed by atoms with Gasteiger partial charge in [-0.15, -0.1) is 0 Å². The highest BCUT2D eigenvalue weighted by molar-refractivity contribution is 7.87. The maximum atomic E-state index is 12.8. The molecule has 5 rings (SSSR count). The largest absolute Gasteiger partial charge is 0.379 e. The van der Waals surface area contributed by atoms with E-state index in [1.807, 2.05) is 36.4 Å². The summed E-state index contributed by atoms with van der Waals surface area (Å²) in [5.41, 5.74) is 0.315. The molecule has 2 amide bonds. The molecule has 156 valence electrons. The minimum Gasteiger partial charge on any atom is -0.379 e. The Morgan fingerprint density at radius 2 is 1.45 bits per heavy atom. The van der Waals surface area contributed by atoms with Crippen molar-refractivity contribution in [1.82, 2.24) is 0 Å². The number of benzene rings is 3. The Hall–Kier alpha value is -3.45. The van der Waals surface area contributed by atoms with Crippen LogP contribution in [0.2, 0.25) is 0 Å². The molecule has 2 atom stereocenters. The first kappa shape index (κ1) is 19.5. The normalized spacial score (nSPS) is 20.8. The number of anilines is 1. The van der Waals surface area contributed by atoms with Crippen molar-refractivity contribution in [2.75, 3.05) is 4.90 Å². The maximum absolute atomic E-state index is 12.8. The summed E-state index contributed by atoms with van der Waals surface area (Å²) < 4.78 is 31.0. The number of allylic oxidation sites excluding steroid dienone is 2. The van der Waals surface area contributed by atoms with Gasteiger partial charge in [0.2, 0.25) is 11.8 Å². The SMILES string of the molecule is O=C1[C@H]2CC=CC[C@@H]2C(=O)N1c1cccc(OS(=O)(=O)c2ccc3ccccc3c2)c1. The number of amides is 2. The summed E-state index contributed by atoms with van der Waals surface area (Å²) in [5, 5.41) is 1.70. The zero-order chi connectivity index (χ0) is 21.6. The first-order valence-electron chi connectivity index (χ1n) is 10.0. The number of rotatable bonds is 4. The van der Waals surface area contributed by atoms with Crippen molar-refractivity contribution in [3.8, 4) is 5.75 Å². The molecule has 3 aromatic rings. The van der Waals surface area contributed by atoms with E-state index in [0.717, 1.165) is 15.7 Å². The van der Waals surface area contributed by atoms with E-state index in [-0.39, 0.29) is 34.3 Å². The number of fused-ring (bicyclic) bond motifs is 2. The number of nitrogens with zero attached hydrogens (tertiary/aromatic N) is 1. The van der Waals surface area contributed by atoms with E-state index in [4.69, 9.17) is 4.18 Å². The third kappa shape index (κ3) is 3.41. The van der Waals surface area contributed by atoms with E-state index >= 15 is 0 Å². The van der Waals surface area contributed by atoms with E-state index < -0.39 is 10.1 Å². The average Bonchev–Trinajstić information content (AvgIpc) is 3.03. The molecule has 3 aromatic carbocycles. The van der Waals surface area contributed by atoms with Gasteiger partial charge in [-0.2, -0.15) is 8.42 Å². The molecule has 1 fully saturated rings. The van der Waals surface area contributed by atoms with Crippen molar-refractivity contribution in [1.29, 1.82) is 0 Å². The number of imide groups is 1. The molecule has 2 aliphatic rings. The lowest BCUT2D eigenvalue weighted by atomic mass is 9.85. The molecule has 31 heavy (non-hydrogen) atoms. The Morgan fingerprint density at radius 3 is 2.16 bits per heavy atom. The lowest BCUT2D eigenvalue weighted by molar-refractivity contribution is -0.122.